The van der Waals surface area contributed by atoms with Gasteiger partial charge in [0.05, 0.1) is 16.8 Å². The Hall–Kier alpha value is -2.86. The number of allylic oxidation sites excluding steroid dienone is 3. The van der Waals surface area contributed by atoms with E-state index in [0.717, 1.165) is 50.8 Å². The average Bonchev–Trinajstić information content (AvgIpc) is 3.60. The first-order valence-corrected chi connectivity index (χ1v) is 13.9. The second-order valence-corrected chi connectivity index (χ2v) is 11.3. The highest BCUT2D eigenvalue weighted by Gasteiger charge is 2.49. The molecule has 6 rings (SSSR count). The second-order valence-electron chi connectivity index (χ2n) is 10.3. The summed E-state index contributed by atoms with van der Waals surface area (Å²) in [6.45, 7) is 0.787. The first-order valence-electron chi connectivity index (χ1n) is 13.0. The molecule has 5 nitrogen and oxygen atoms in total. The van der Waals surface area contributed by atoms with Crippen LogP contribution in [0.25, 0.3) is 0 Å². The lowest BCUT2D eigenvalue weighted by Gasteiger charge is -2.44. The summed E-state index contributed by atoms with van der Waals surface area (Å²) in [5.41, 5.74) is 2.40. The van der Waals surface area contributed by atoms with Gasteiger partial charge in [0.15, 0.2) is 0 Å². The van der Waals surface area contributed by atoms with Crippen LogP contribution in [0, 0.1) is 17.8 Å². The van der Waals surface area contributed by atoms with Crippen LogP contribution < -0.4 is 10.6 Å². The molecular formula is C29H33N3O2S. The highest BCUT2D eigenvalue weighted by atomic mass is 32.1. The number of thiophene rings is 1. The minimum Gasteiger partial charge on any atom is -0.381 e. The second kappa shape index (κ2) is 9.65. The van der Waals surface area contributed by atoms with Crippen LogP contribution in [-0.4, -0.2) is 35.3 Å². The van der Waals surface area contributed by atoms with Gasteiger partial charge in [0, 0.05) is 36.2 Å². The van der Waals surface area contributed by atoms with E-state index in [4.69, 9.17) is 0 Å². The van der Waals surface area contributed by atoms with E-state index < -0.39 is 0 Å². The Balaban J connectivity index is 1.27. The van der Waals surface area contributed by atoms with Crippen LogP contribution in [0.1, 0.15) is 59.8 Å². The van der Waals surface area contributed by atoms with Gasteiger partial charge < -0.3 is 15.5 Å². The maximum atomic E-state index is 14.2. The van der Waals surface area contributed by atoms with Gasteiger partial charge in [0.1, 0.15) is 0 Å². The van der Waals surface area contributed by atoms with Gasteiger partial charge in [-0.3, -0.25) is 9.59 Å². The number of para-hydroxylation sites is 1. The molecule has 2 fully saturated rings. The summed E-state index contributed by atoms with van der Waals surface area (Å²) in [5.74, 6) is 0.849. The smallest absolute Gasteiger partial charge is 0.261 e. The maximum absolute atomic E-state index is 14.2. The number of rotatable bonds is 4. The molecule has 2 aromatic rings. The van der Waals surface area contributed by atoms with Gasteiger partial charge in [0.25, 0.3) is 5.91 Å². The normalized spacial score (nSPS) is 31.4. The van der Waals surface area contributed by atoms with Crippen LogP contribution in [0.2, 0.25) is 0 Å². The minimum atomic E-state index is -0.149. The summed E-state index contributed by atoms with van der Waals surface area (Å²) in [6.07, 6.45) is 14.7. The van der Waals surface area contributed by atoms with Crippen molar-refractivity contribution in [3.8, 4) is 0 Å². The monoisotopic (exact) mass is 487 g/mol. The highest BCUT2D eigenvalue weighted by molar-refractivity contribution is 7.12. The summed E-state index contributed by atoms with van der Waals surface area (Å²) >= 11 is 1.45. The summed E-state index contributed by atoms with van der Waals surface area (Å²) in [7, 11) is 0. The summed E-state index contributed by atoms with van der Waals surface area (Å²) in [6, 6.07) is 12.6. The fraction of sp³-hybridized carbons (Fsp3) is 0.448. The van der Waals surface area contributed by atoms with Crippen molar-refractivity contribution < 1.29 is 9.59 Å². The standard InChI is InChI=1S/C29H33N3O2S/c33-28(25-15-8-18-35-25)31-24-14-7-5-12-21(24)29(34)32-17-16-22-26(19-9-2-1-3-10-19)30-23-13-6-4-11-20(23)27(22)32/h1-4,6,8-9,11,13,15,18-19,21-22,24,26-27,30H,5,7,10,12,14,16-17H2,(H,31,33)/t19?,21-,22+,24+,26-,27-/m0/s1. The number of nitrogens with zero attached hydrogens (tertiary/aromatic N) is 1. The van der Waals surface area contributed by atoms with E-state index in [1.807, 2.05) is 17.5 Å². The van der Waals surface area contributed by atoms with Gasteiger partial charge in [-0.15, -0.1) is 11.3 Å². The largest absolute Gasteiger partial charge is 0.381 e. The van der Waals surface area contributed by atoms with Crippen LogP contribution >= 0.6 is 11.3 Å². The Labute approximate surface area is 211 Å². The van der Waals surface area contributed by atoms with E-state index in [-0.39, 0.29) is 29.8 Å². The number of likely N-dealkylation sites (tertiary alicyclic amines) is 1. The Bertz CT molecular complexity index is 1140. The Morgan fingerprint density at radius 3 is 2.74 bits per heavy atom. The number of anilines is 1. The summed E-state index contributed by atoms with van der Waals surface area (Å²) in [5, 5.41) is 8.99. The zero-order chi connectivity index (χ0) is 23.8. The molecule has 1 aromatic carbocycles. The molecular weight excluding hydrogens is 454 g/mol. The molecule has 0 bridgehead atoms. The van der Waals surface area contributed by atoms with Crippen molar-refractivity contribution in [1.82, 2.24) is 10.2 Å². The first kappa shape index (κ1) is 22.6. The number of carbonyl (C=O) groups is 2. The maximum Gasteiger partial charge on any atom is 0.261 e. The van der Waals surface area contributed by atoms with Crippen molar-refractivity contribution >= 4 is 28.8 Å². The fourth-order valence-corrected chi connectivity index (χ4v) is 7.39. The molecule has 2 N–H and O–H groups in total. The van der Waals surface area contributed by atoms with Crippen LogP contribution in [0.15, 0.2) is 66.1 Å². The van der Waals surface area contributed by atoms with Gasteiger partial charge >= 0.3 is 0 Å². The molecule has 2 amide bonds. The molecule has 35 heavy (non-hydrogen) atoms. The van der Waals surface area contributed by atoms with Gasteiger partial charge in [-0.05, 0) is 48.8 Å². The SMILES string of the molecule is O=C(N[C@@H]1CCCC[C@@H]1C(=O)N1CC[C@@H]2[C@H](C3C=CC=CC3)Nc3ccccc3[C@@H]21)c1cccs1. The highest BCUT2D eigenvalue weighted by Crippen LogP contribution is 2.49. The lowest BCUT2D eigenvalue weighted by atomic mass is 9.75. The van der Waals surface area contributed by atoms with Gasteiger partial charge in [-0.2, -0.15) is 0 Å². The quantitative estimate of drug-likeness (QED) is 0.594. The number of amides is 2. The molecule has 6 heteroatoms. The lowest BCUT2D eigenvalue weighted by molar-refractivity contribution is -0.139. The number of hydrogen-bond donors (Lipinski definition) is 2. The first-order chi connectivity index (χ1) is 17.2. The third-order valence-electron chi connectivity index (χ3n) is 8.41. The third kappa shape index (κ3) is 4.22. The van der Waals surface area contributed by atoms with Crippen molar-refractivity contribution in [3.05, 3.63) is 76.5 Å². The van der Waals surface area contributed by atoms with Crippen LogP contribution in [0.4, 0.5) is 5.69 Å². The third-order valence-corrected chi connectivity index (χ3v) is 9.28. The van der Waals surface area contributed by atoms with Crippen molar-refractivity contribution in [2.24, 2.45) is 17.8 Å². The summed E-state index contributed by atoms with van der Waals surface area (Å²) in [4.78, 5) is 29.9. The van der Waals surface area contributed by atoms with Gasteiger partial charge in [-0.1, -0.05) is 61.4 Å². The molecule has 182 valence electrons. The molecule has 4 aliphatic rings. The molecule has 2 aliphatic heterocycles. The van der Waals surface area contributed by atoms with Crippen LogP contribution in [-0.2, 0) is 4.79 Å². The van der Waals surface area contributed by atoms with E-state index in [0.29, 0.717) is 22.8 Å². The number of fused-ring (bicyclic) bond motifs is 3. The molecule has 2 aliphatic carbocycles. The van der Waals surface area contributed by atoms with E-state index in [9.17, 15) is 9.59 Å². The molecule has 1 unspecified atom stereocenters. The minimum absolute atomic E-state index is 0.0478. The topological polar surface area (TPSA) is 61.4 Å². The molecule has 3 heterocycles. The molecule has 1 saturated heterocycles. The van der Waals surface area contributed by atoms with E-state index in [2.05, 4.69) is 64.1 Å². The van der Waals surface area contributed by atoms with E-state index in [1.54, 1.807) is 0 Å². The predicted molar refractivity (Wildman–Crippen MR) is 140 cm³/mol. The summed E-state index contributed by atoms with van der Waals surface area (Å²) < 4.78 is 0. The molecule has 0 radical (unpaired) electrons. The molecule has 1 aromatic heterocycles. The Morgan fingerprint density at radius 2 is 1.91 bits per heavy atom. The number of hydrogen-bond acceptors (Lipinski definition) is 4. The van der Waals surface area contributed by atoms with Crippen molar-refractivity contribution in [2.75, 3.05) is 11.9 Å². The molecule has 6 atom stereocenters. The number of carbonyl (C=O) groups excluding carboxylic acids is 2. The zero-order valence-electron chi connectivity index (χ0n) is 19.9. The molecule has 1 saturated carbocycles. The molecule has 0 spiro atoms. The fourth-order valence-electron chi connectivity index (χ4n) is 6.76. The van der Waals surface area contributed by atoms with Crippen LogP contribution in [0.3, 0.4) is 0 Å². The van der Waals surface area contributed by atoms with E-state index in [1.165, 1.54) is 16.9 Å². The van der Waals surface area contributed by atoms with Crippen molar-refractivity contribution in [3.63, 3.8) is 0 Å². The van der Waals surface area contributed by atoms with Crippen molar-refractivity contribution in [2.45, 2.75) is 56.7 Å². The average molecular weight is 488 g/mol. The van der Waals surface area contributed by atoms with Gasteiger partial charge in [0.2, 0.25) is 5.91 Å². The zero-order valence-corrected chi connectivity index (χ0v) is 20.8. The van der Waals surface area contributed by atoms with Crippen molar-refractivity contribution in [1.29, 1.82) is 0 Å². The van der Waals surface area contributed by atoms with Crippen LogP contribution in [0.5, 0.6) is 0 Å². The number of nitrogens with one attached hydrogen (secondary N) is 2. The van der Waals surface area contributed by atoms with E-state index >= 15 is 0 Å². The Morgan fingerprint density at radius 1 is 1.03 bits per heavy atom. The van der Waals surface area contributed by atoms with Gasteiger partial charge in [-0.25, -0.2) is 0 Å². The Kier molecular flexibility index (Phi) is 6.23. The predicted octanol–water partition coefficient (Wildman–Crippen LogP) is 5.55. The lowest BCUT2D eigenvalue weighted by Crippen LogP contribution is -2.51. The number of benzene rings is 1.